The largest absolute Gasteiger partial charge is 0.490 e. The molecule has 0 atom stereocenters. The highest BCUT2D eigenvalue weighted by Gasteiger charge is 2.22. The third-order valence-electron chi connectivity index (χ3n) is 3.69. The molecule has 1 aliphatic rings. The minimum atomic E-state index is 0.0143. The van der Waals surface area contributed by atoms with Crippen LogP contribution in [0.25, 0.3) is 0 Å². The first kappa shape index (κ1) is 16.9. The Balaban J connectivity index is 2.23. The van der Waals surface area contributed by atoms with Crippen LogP contribution in [0.5, 0.6) is 11.5 Å². The minimum absolute atomic E-state index is 0.0143. The van der Waals surface area contributed by atoms with Crippen LogP contribution in [0.15, 0.2) is 12.1 Å². The van der Waals surface area contributed by atoms with Gasteiger partial charge in [0.05, 0.1) is 18.2 Å². The molecule has 0 radical (unpaired) electrons. The average molecular weight is 326 g/mol. The molecule has 22 heavy (non-hydrogen) atoms. The van der Waals surface area contributed by atoms with Gasteiger partial charge >= 0.3 is 0 Å². The number of likely N-dealkylation sites (tertiary alicyclic amines) is 1. The quantitative estimate of drug-likeness (QED) is 0.707. The Morgan fingerprint density at radius 3 is 2.59 bits per heavy atom. The second-order valence-corrected chi connectivity index (χ2v) is 5.83. The van der Waals surface area contributed by atoms with Crippen LogP contribution >= 0.6 is 11.6 Å². The number of unbranched alkanes of at least 4 members (excludes halogenated alkanes) is 1. The molecule has 0 unspecified atom stereocenters. The molecule has 0 N–H and O–H groups in total. The molecule has 0 aliphatic carbocycles. The highest BCUT2D eigenvalue weighted by Crippen LogP contribution is 2.37. The van der Waals surface area contributed by atoms with Gasteiger partial charge in [-0.15, -0.1) is 0 Å². The molecule has 0 saturated carbocycles. The molecule has 1 aliphatic heterocycles. The van der Waals surface area contributed by atoms with Gasteiger partial charge in [0.25, 0.3) is 5.91 Å². The van der Waals surface area contributed by atoms with Crippen LogP contribution in [0, 0.1) is 0 Å². The lowest BCUT2D eigenvalue weighted by Gasteiger charge is -2.18. The number of hydrogen-bond acceptors (Lipinski definition) is 3. The summed E-state index contributed by atoms with van der Waals surface area (Å²) in [5, 5.41) is 0.435. The molecule has 122 valence electrons. The first-order chi connectivity index (χ1) is 10.7. The summed E-state index contributed by atoms with van der Waals surface area (Å²) < 4.78 is 11.4. The van der Waals surface area contributed by atoms with Crippen LogP contribution in [0.1, 0.15) is 49.9 Å². The van der Waals surface area contributed by atoms with E-state index in [1.165, 1.54) is 0 Å². The van der Waals surface area contributed by atoms with Crippen molar-refractivity contribution >= 4 is 17.5 Å². The normalized spacial score (nSPS) is 14.2. The first-order valence-electron chi connectivity index (χ1n) is 8.05. The predicted octanol–water partition coefficient (Wildman–Crippen LogP) is 4.15. The molecule has 0 spiro atoms. The standard InChI is InChI=1S/C17H24ClNO3/c1-3-5-10-22-16-14(18)11-13(12-15(16)21-4-2)17(20)19-8-6-7-9-19/h11-12H,3-10H2,1-2H3. The van der Waals surface area contributed by atoms with Gasteiger partial charge in [0.15, 0.2) is 11.5 Å². The van der Waals surface area contributed by atoms with Crippen molar-refractivity contribution in [1.29, 1.82) is 0 Å². The van der Waals surface area contributed by atoms with Gasteiger partial charge in [-0.1, -0.05) is 24.9 Å². The zero-order valence-corrected chi connectivity index (χ0v) is 14.1. The summed E-state index contributed by atoms with van der Waals surface area (Å²) in [5.74, 6) is 1.10. The Morgan fingerprint density at radius 1 is 1.23 bits per heavy atom. The van der Waals surface area contributed by atoms with E-state index in [9.17, 15) is 4.79 Å². The number of carbonyl (C=O) groups is 1. The molecule has 4 nitrogen and oxygen atoms in total. The summed E-state index contributed by atoms with van der Waals surface area (Å²) in [6.07, 6.45) is 4.13. The third kappa shape index (κ3) is 4.07. The maximum Gasteiger partial charge on any atom is 0.254 e. The van der Waals surface area contributed by atoms with Crippen molar-refractivity contribution in [3.05, 3.63) is 22.7 Å². The zero-order valence-electron chi connectivity index (χ0n) is 13.4. The molecule has 5 heteroatoms. The smallest absolute Gasteiger partial charge is 0.254 e. The van der Waals surface area contributed by atoms with Gasteiger partial charge in [-0.25, -0.2) is 0 Å². The Labute approximate surface area is 137 Å². The van der Waals surface area contributed by atoms with Crippen molar-refractivity contribution in [2.45, 2.75) is 39.5 Å². The number of benzene rings is 1. The molecule has 1 saturated heterocycles. The molecule has 1 aromatic carbocycles. The average Bonchev–Trinajstić information content (AvgIpc) is 3.03. The zero-order chi connectivity index (χ0) is 15.9. The topological polar surface area (TPSA) is 38.8 Å². The summed E-state index contributed by atoms with van der Waals surface area (Å²) in [4.78, 5) is 14.4. The van der Waals surface area contributed by atoms with Crippen molar-refractivity contribution in [1.82, 2.24) is 4.90 Å². The van der Waals surface area contributed by atoms with E-state index >= 15 is 0 Å². The number of amides is 1. The molecule has 1 fully saturated rings. The fraction of sp³-hybridized carbons (Fsp3) is 0.588. The van der Waals surface area contributed by atoms with Crippen molar-refractivity contribution in [2.75, 3.05) is 26.3 Å². The molecule has 1 amide bonds. The molecular formula is C17H24ClNO3. The lowest BCUT2D eigenvalue weighted by atomic mass is 10.1. The predicted molar refractivity (Wildman–Crippen MR) is 88.2 cm³/mol. The maximum absolute atomic E-state index is 12.5. The summed E-state index contributed by atoms with van der Waals surface area (Å²) >= 11 is 6.32. The fourth-order valence-electron chi connectivity index (χ4n) is 2.52. The summed E-state index contributed by atoms with van der Waals surface area (Å²) in [6.45, 7) is 6.73. The van der Waals surface area contributed by atoms with Gasteiger partial charge in [-0.2, -0.15) is 0 Å². The Bertz CT molecular complexity index is 513. The van der Waals surface area contributed by atoms with E-state index in [-0.39, 0.29) is 5.91 Å². The van der Waals surface area contributed by atoms with Crippen LogP contribution < -0.4 is 9.47 Å². The van der Waals surface area contributed by atoms with Gasteiger partial charge in [0, 0.05) is 18.7 Å². The number of hydrogen-bond donors (Lipinski definition) is 0. The van der Waals surface area contributed by atoms with Crippen LogP contribution in [-0.2, 0) is 0 Å². The number of nitrogens with zero attached hydrogens (tertiary/aromatic N) is 1. The molecule has 1 aromatic rings. The Hall–Kier alpha value is -1.42. The maximum atomic E-state index is 12.5. The first-order valence-corrected chi connectivity index (χ1v) is 8.43. The van der Waals surface area contributed by atoms with Gasteiger partial charge in [-0.05, 0) is 38.3 Å². The Morgan fingerprint density at radius 2 is 1.95 bits per heavy atom. The van der Waals surface area contributed by atoms with Crippen molar-refractivity contribution in [3.8, 4) is 11.5 Å². The van der Waals surface area contributed by atoms with Crippen molar-refractivity contribution < 1.29 is 14.3 Å². The number of carbonyl (C=O) groups excluding carboxylic acids is 1. The van der Waals surface area contributed by atoms with E-state index in [0.717, 1.165) is 38.8 Å². The Kier molecular flexibility index (Phi) is 6.37. The lowest BCUT2D eigenvalue weighted by Crippen LogP contribution is -2.27. The number of halogens is 1. The highest BCUT2D eigenvalue weighted by molar-refractivity contribution is 6.32. The van der Waals surface area contributed by atoms with E-state index in [4.69, 9.17) is 21.1 Å². The van der Waals surface area contributed by atoms with E-state index < -0.39 is 0 Å². The summed E-state index contributed by atoms with van der Waals surface area (Å²) in [6, 6.07) is 3.43. The second-order valence-electron chi connectivity index (χ2n) is 5.42. The SMILES string of the molecule is CCCCOc1c(Cl)cc(C(=O)N2CCCC2)cc1OCC. The fourth-order valence-corrected chi connectivity index (χ4v) is 2.78. The van der Waals surface area contributed by atoms with Gasteiger partial charge < -0.3 is 14.4 Å². The monoisotopic (exact) mass is 325 g/mol. The third-order valence-corrected chi connectivity index (χ3v) is 3.97. The highest BCUT2D eigenvalue weighted by atomic mass is 35.5. The number of rotatable bonds is 7. The molecule has 1 heterocycles. The van der Waals surface area contributed by atoms with E-state index in [1.807, 2.05) is 11.8 Å². The lowest BCUT2D eigenvalue weighted by molar-refractivity contribution is 0.0792. The summed E-state index contributed by atoms with van der Waals surface area (Å²) in [5.41, 5.74) is 0.568. The van der Waals surface area contributed by atoms with Crippen molar-refractivity contribution in [2.24, 2.45) is 0 Å². The summed E-state index contributed by atoms with van der Waals surface area (Å²) in [7, 11) is 0. The van der Waals surface area contributed by atoms with Gasteiger partial charge in [0.2, 0.25) is 0 Å². The second kappa shape index (κ2) is 8.28. The van der Waals surface area contributed by atoms with E-state index in [1.54, 1.807) is 12.1 Å². The van der Waals surface area contributed by atoms with Gasteiger partial charge in [-0.3, -0.25) is 4.79 Å². The van der Waals surface area contributed by atoms with Crippen LogP contribution in [-0.4, -0.2) is 37.1 Å². The van der Waals surface area contributed by atoms with Crippen LogP contribution in [0.3, 0.4) is 0 Å². The van der Waals surface area contributed by atoms with Crippen LogP contribution in [0.4, 0.5) is 0 Å². The molecular weight excluding hydrogens is 302 g/mol. The van der Waals surface area contributed by atoms with Crippen LogP contribution in [0.2, 0.25) is 5.02 Å². The molecule has 0 aromatic heterocycles. The number of ether oxygens (including phenoxy) is 2. The molecule has 0 bridgehead atoms. The minimum Gasteiger partial charge on any atom is -0.490 e. The van der Waals surface area contributed by atoms with E-state index in [2.05, 4.69) is 6.92 Å². The molecule has 2 rings (SSSR count). The van der Waals surface area contributed by atoms with Gasteiger partial charge in [0.1, 0.15) is 0 Å². The van der Waals surface area contributed by atoms with E-state index in [0.29, 0.717) is 35.3 Å². The van der Waals surface area contributed by atoms with Crippen molar-refractivity contribution in [3.63, 3.8) is 0 Å².